The van der Waals surface area contributed by atoms with E-state index < -0.39 is 0 Å². The van der Waals surface area contributed by atoms with E-state index in [2.05, 4.69) is 43.1 Å². The van der Waals surface area contributed by atoms with E-state index in [0.717, 1.165) is 44.4 Å². The van der Waals surface area contributed by atoms with Gasteiger partial charge >= 0.3 is 0 Å². The van der Waals surface area contributed by atoms with Crippen LogP contribution in [0.1, 0.15) is 32.4 Å². The zero-order valence-corrected chi connectivity index (χ0v) is 14.1. The molecule has 1 unspecified atom stereocenters. The zero-order chi connectivity index (χ0) is 15.3. The van der Waals surface area contributed by atoms with Crippen molar-refractivity contribution in [3.05, 3.63) is 34.9 Å². The fourth-order valence-electron chi connectivity index (χ4n) is 2.65. The number of nitrogens with zero attached hydrogens (tertiary/aromatic N) is 1. The van der Waals surface area contributed by atoms with Crippen molar-refractivity contribution < 1.29 is 4.74 Å². The fourth-order valence-corrected chi connectivity index (χ4v) is 2.92. The summed E-state index contributed by atoms with van der Waals surface area (Å²) in [5.41, 5.74) is 1.50. The molecule has 1 N–H and O–H groups in total. The van der Waals surface area contributed by atoms with Crippen LogP contribution in [0.15, 0.2) is 24.3 Å². The van der Waals surface area contributed by atoms with Crippen molar-refractivity contribution in [1.82, 2.24) is 10.2 Å². The lowest BCUT2D eigenvalue weighted by Crippen LogP contribution is -2.44. The van der Waals surface area contributed by atoms with Gasteiger partial charge in [-0.2, -0.15) is 0 Å². The van der Waals surface area contributed by atoms with Crippen LogP contribution in [0.25, 0.3) is 0 Å². The van der Waals surface area contributed by atoms with Crippen LogP contribution in [0.3, 0.4) is 0 Å². The Labute approximate surface area is 133 Å². The first kappa shape index (κ1) is 16.8. The molecule has 0 saturated carbocycles. The number of morpholine rings is 1. The number of hydrogen-bond donors (Lipinski definition) is 1. The van der Waals surface area contributed by atoms with Gasteiger partial charge in [0.15, 0.2) is 0 Å². The Morgan fingerprint density at radius 2 is 1.90 bits per heavy atom. The summed E-state index contributed by atoms with van der Waals surface area (Å²) >= 11 is 6.42. The average molecular weight is 311 g/mol. The molecule has 1 aromatic carbocycles. The summed E-state index contributed by atoms with van der Waals surface area (Å²) < 4.78 is 5.48. The number of nitrogens with one attached hydrogen (secondary N) is 1. The van der Waals surface area contributed by atoms with Crippen molar-refractivity contribution in [3.8, 4) is 0 Å². The summed E-state index contributed by atoms with van der Waals surface area (Å²) in [6, 6.07) is 8.49. The monoisotopic (exact) mass is 310 g/mol. The molecule has 0 aliphatic carbocycles. The molecule has 0 radical (unpaired) electrons. The number of benzene rings is 1. The van der Waals surface area contributed by atoms with Crippen LogP contribution in [0, 0.1) is 5.41 Å². The molecule has 1 aliphatic rings. The zero-order valence-electron chi connectivity index (χ0n) is 13.4. The van der Waals surface area contributed by atoms with Crippen LogP contribution in [-0.4, -0.2) is 44.3 Å². The second-order valence-electron chi connectivity index (χ2n) is 6.88. The van der Waals surface area contributed by atoms with Gasteiger partial charge in [0, 0.05) is 37.2 Å². The Hall–Kier alpha value is -0.610. The van der Waals surface area contributed by atoms with Crippen molar-refractivity contribution in [3.63, 3.8) is 0 Å². The lowest BCUT2D eigenvalue weighted by atomic mass is 9.96. The van der Waals surface area contributed by atoms with Gasteiger partial charge in [0.2, 0.25) is 0 Å². The van der Waals surface area contributed by atoms with E-state index in [9.17, 15) is 0 Å². The number of hydrogen-bond acceptors (Lipinski definition) is 3. The maximum atomic E-state index is 6.42. The summed E-state index contributed by atoms with van der Waals surface area (Å²) in [5, 5.41) is 4.46. The van der Waals surface area contributed by atoms with Gasteiger partial charge in [-0.3, -0.25) is 4.90 Å². The van der Waals surface area contributed by atoms with Gasteiger partial charge in [0.25, 0.3) is 0 Å². The first-order valence-electron chi connectivity index (χ1n) is 7.74. The van der Waals surface area contributed by atoms with Crippen molar-refractivity contribution >= 4 is 11.6 Å². The van der Waals surface area contributed by atoms with E-state index in [4.69, 9.17) is 16.3 Å². The second kappa shape index (κ2) is 7.59. The fraction of sp³-hybridized carbons (Fsp3) is 0.647. The molecule has 3 nitrogen and oxygen atoms in total. The number of halogens is 1. The lowest BCUT2D eigenvalue weighted by Gasteiger charge is -2.36. The molecule has 1 aromatic rings. The van der Waals surface area contributed by atoms with E-state index in [1.165, 1.54) is 5.56 Å². The van der Waals surface area contributed by atoms with Gasteiger partial charge in [-0.1, -0.05) is 50.6 Å². The minimum absolute atomic E-state index is 0.288. The lowest BCUT2D eigenvalue weighted by molar-refractivity contribution is 0.0158. The number of rotatable bonds is 5. The molecule has 1 aliphatic heterocycles. The van der Waals surface area contributed by atoms with E-state index in [0.29, 0.717) is 6.04 Å². The van der Waals surface area contributed by atoms with E-state index >= 15 is 0 Å². The highest BCUT2D eigenvalue weighted by molar-refractivity contribution is 6.31. The maximum absolute atomic E-state index is 6.42. The Kier molecular flexibility index (Phi) is 6.06. The third kappa shape index (κ3) is 5.26. The Balaban J connectivity index is 2.08. The Bertz CT molecular complexity index is 439. The molecule has 4 heteroatoms. The first-order valence-corrected chi connectivity index (χ1v) is 8.12. The van der Waals surface area contributed by atoms with Crippen LogP contribution >= 0.6 is 11.6 Å². The third-order valence-electron chi connectivity index (χ3n) is 3.74. The normalized spacial score (nSPS) is 18.7. The maximum Gasteiger partial charge on any atom is 0.0594 e. The van der Waals surface area contributed by atoms with E-state index in [-0.39, 0.29) is 5.41 Å². The first-order chi connectivity index (χ1) is 9.97. The minimum Gasteiger partial charge on any atom is -0.379 e. The quantitative estimate of drug-likeness (QED) is 0.902. The van der Waals surface area contributed by atoms with Crippen molar-refractivity contribution in [2.75, 3.05) is 39.4 Å². The van der Waals surface area contributed by atoms with Crippen LogP contribution in [0.4, 0.5) is 0 Å². The molecule has 0 aromatic heterocycles. The highest BCUT2D eigenvalue weighted by atomic mass is 35.5. The molecule has 0 spiro atoms. The topological polar surface area (TPSA) is 24.5 Å². The van der Waals surface area contributed by atoms with Crippen molar-refractivity contribution in [2.24, 2.45) is 5.41 Å². The number of ether oxygens (including phenoxy) is 1. The molecular weight excluding hydrogens is 284 g/mol. The summed E-state index contributed by atoms with van der Waals surface area (Å²) in [6.07, 6.45) is 0. The standard InChI is InChI=1S/C17H27ClN2O/c1-17(2,3)13-19-12-16(20-8-10-21-11-9-20)14-6-4-5-7-15(14)18/h4-7,16,19H,8-13H2,1-3H3. The molecule has 1 fully saturated rings. The summed E-state index contributed by atoms with van der Waals surface area (Å²) in [7, 11) is 0. The van der Waals surface area contributed by atoms with Gasteiger partial charge in [0.05, 0.1) is 13.2 Å². The van der Waals surface area contributed by atoms with Crippen LogP contribution in [0.2, 0.25) is 5.02 Å². The van der Waals surface area contributed by atoms with E-state index in [1.807, 2.05) is 12.1 Å². The van der Waals surface area contributed by atoms with Crippen LogP contribution in [0.5, 0.6) is 0 Å². The van der Waals surface area contributed by atoms with Gasteiger partial charge < -0.3 is 10.1 Å². The Morgan fingerprint density at radius 3 is 2.52 bits per heavy atom. The predicted molar refractivity (Wildman–Crippen MR) is 88.9 cm³/mol. The van der Waals surface area contributed by atoms with E-state index in [1.54, 1.807) is 0 Å². The molecule has 2 rings (SSSR count). The van der Waals surface area contributed by atoms with Crippen molar-refractivity contribution in [1.29, 1.82) is 0 Å². The molecule has 1 heterocycles. The molecule has 0 amide bonds. The van der Waals surface area contributed by atoms with Crippen molar-refractivity contribution in [2.45, 2.75) is 26.8 Å². The van der Waals surface area contributed by atoms with Gasteiger partial charge in [0.1, 0.15) is 0 Å². The Morgan fingerprint density at radius 1 is 1.24 bits per heavy atom. The molecule has 21 heavy (non-hydrogen) atoms. The molecular formula is C17H27ClN2O. The third-order valence-corrected chi connectivity index (χ3v) is 4.09. The summed E-state index contributed by atoms with van der Waals surface area (Å²) in [4.78, 5) is 2.47. The smallest absolute Gasteiger partial charge is 0.0594 e. The SMILES string of the molecule is CC(C)(C)CNCC(c1ccccc1Cl)N1CCOCC1. The van der Waals surface area contributed by atoms with Gasteiger partial charge in [-0.05, 0) is 17.0 Å². The summed E-state index contributed by atoms with van der Waals surface area (Å²) in [5.74, 6) is 0. The predicted octanol–water partition coefficient (Wildman–Crippen LogP) is 3.35. The summed E-state index contributed by atoms with van der Waals surface area (Å²) in [6.45, 7) is 12.2. The van der Waals surface area contributed by atoms with Gasteiger partial charge in [-0.15, -0.1) is 0 Å². The molecule has 118 valence electrons. The van der Waals surface area contributed by atoms with Crippen LogP contribution < -0.4 is 5.32 Å². The highest BCUT2D eigenvalue weighted by Gasteiger charge is 2.24. The largest absolute Gasteiger partial charge is 0.379 e. The van der Waals surface area contributed by atoms with Gasteiger partial charge in [-0.25, -0.2) is 0 Å². The average Bonchev–Trinajstić information content (AvgIpc) is 2.45. The second-order valence-corrected chi connectivity index (χ2v) is 7.28. The molecule has 1 saturated heterocycles. The highest BCUT2D eigenvalue weighted by Crippen LogP contribution is 2.28. The minimum atomic E-state index is 0.288. The van der Waals surface area contributed by atoms with Crippen LogP contribution in [-0.2, 0) is 4.74 Å². The molecule has 0 bridgehead atoms. The molecule has 1 atom stereocenters.